The van der Waals surface area contributed by atoms with Crippen LogP contribution in [0, 0.1) is 5.92 Å². The van der Waals surface area contributed by atoms with Crippen LogP contribution in [0.2, 0.25) is 0 Å². The maximum absolute atomic E-state index is 12.0. The summed E-state index contributed by atoms with van der Waals surface area (Å²) in [5.41, 5.74) is 0. The molecule has 5 N–H and O–H groups in total. The number of thioether (sulfide) groups is 1. The van der Waals surface area contributed by atoms with E-state index < -0.39 is 43.7 Å². The number of benzene rings is 1. The highest BCUT2D eigenvalue weighted by molar-refractivity contribution is 7.99. The van der Waals surface area contributed by atoms with Crippen molar-refractivity contribution in [3.8, 4) is 0 Å². The van der Waals surface area contributed by atoms with E-state index in [0.717, 1.165) is 11.8 Å². The molecule has 12 heteroatoms. The number of amides is 1. The molecule has 2 atom stereocenters. The summed E-state index contributed by atoms with van der Waals surface area (Å²) in [5, 5.41) is 23.5. The Morgan fingerprint density at radius 3 is 2.34 bits per heavy atom. The number of nitrogens with zero attached hydrogens (tertiary/aromatic N) is 1. The molecule has 1 amide bonds. The van der Waals surface area contributed by atoms with Crippen LogP contribution in [0.1, 0.15) is 32.7 Å². The first-order valence-electron chi connectivity index (χ1n) is 9.91. The Morgan fingerprint density at radius 1 is 1.12 bits per heavy atom. The first-order valence-corrected chi connectivity index (χ1v) is 12.7. The van der Waals surface area contributed by atoms with Crippen LogP contribution in [0.25, 0.3) is 10.8 Å². The number of fused-ring (bicyclic) bond motifs is 1. The van der Waals surface area contributed by atoms with Crippen LogP contribution in [0.4, 0.5) is 0 Å². The van der Waals surface area contributed by atoms with Crippen molar-refractivity contribution in [1.82, 2.24) is 9.88 Å². The van der Waals surface area contributed by atoms with E-state index in [-0.39, 0.29) is 24.5 Å². The van der Waals surface area contributed by atoms with Gasteiger partial charge < -0.3 is 29.9 Å². The largest absolute Gasteiger partial charge is 0.480 e. The summed E-state index contributed by atoms with van der Waals surface area (Å²) >= 11 is 1.07. The molecule has 1 unspecified atom stereocenters. The van der Waals surface area contributed by atoms with Crippen molar-refractivity contribution in [1.29, 1.82) is 0 Å². The number of aliphatic carboxylic acids is 2. The molecule has 0 fully saturated rings. The molecular weight excluding hydrogens is 459 g/mol. The number of carbonyl (C=O) groups excluding carboxylic acids is 1. The lowest BCUT2D eigenvalue weighted by atomic mass is 10.1. The minimum Gasteiger partial charge on any atom is -0.480 e. The first kappa shape index (κ1) is 25.9. The second kappa shape index (κ2) is 11.0. The molecule has 176 valence electrons. The third kappa shape index (κ3) is 7.37. The van der Waals surface area contributed by atoms with E-state index in [1.165, 1.54) is 4.57 Å². The van der Waals surface area contributed by atoms with Gasteiger partial charge in [-0.25, -0.2) is 9.59 Å². The van der Waals surface area contributed by atoms with Crippen molar-refractivity contribution in [3.05, 3.63) is 30.5 Å². The molecule has 32 heavy (non-hydrogen) atoms. The molecule has 0 bridgehead atoms. The van der Waals surface area contributed by atoms with Crippen LogP contribution in [-0.2, 0) is 18.9 Å². The van der Waals surface area contributed by atoms with E-state index in [4.69, 9.17) is 0 Å². The molecule has 0 aliphatic heterocycles. The Balaban J connectivity index is 2.35. The molecular formula is C20H27N2O8PS. The number of hydrogen-bond acceptors (Lipinski definition) is 5. The highest BCUT2D eigenvalue weighted by Gasteiger charge is 2.28. The van der Waals surface area contributed by atoms with Gasteiger partial charge in [-0.2, -0.15) is 0 Å². The number of rotatable bonds is 12. The second-order valence-corrected chi connectivity index (χ2v) is 10.6. The van der Waals surface area contributed by atoms with Gasteiger partial charge >= 0.3 is 19.5 Å². The first-order chi connectivity index (χ1) is 14.9. The molecule has 0 spiro atoms. The molecule has 0 aliphatic carbocycles. The van der Waals surface area contributed by atoms with E-state index in [0.29, 0.717) is 15.8 Å². The molecule has 1 aromatic heterocycles. The second-order valence-electron chi connectivity index (χ2n) is 7.83. The molecule has 0 radical (unpaired) electrons. The van der Waals surface area contributed by atoms with Gasteiger partial charge in [0.2, 0.25) is 5.91 Å². The summed E-state index contributed by atoms with van der Waals surface area (Å²) in [5.74, 6) is -2.87. The summed E-state index contributed by atoms with van der Waals surface area (Å²) in [6.45, 7) is 3.68. The molecule has 2 aromatic rings. The minimum absolute atomic E-state index is 0.0575. The molecule has 2 rings (SSSR count). The van der Waals surface area contributed by atoms with Crippen LogP contribution in [0.3, 0.4) is 0 Å². The van der Waals surface area contributed by atoms with Gasteiger partial charge in [-0.3, -0.25) is 9.36 Å². The molecule has 0 aliphatic rings. The average molecular weight is 486 g/mol. The van der Waals surface area contributed by atoms with Crippen LogP contribution < -0.4 is 5.32 Å². The highest BCUT2D eigenvalue weighted by Crippen LogP contribution is 2.39. The summed E-state index contributed by atoms with van der Waals surface area (Å²) in [6, 6.07) is 4.59. The van der Waals surface area contributed by atoms with Crippen molar-refractivity contribution >= 4 is 48.0 Å². The number of aromatic nitrogens is 1. The van der Waals surface area contributed by atoms with E-state index in [1.54, 1.807) is 30.5 Å². The van der Waals surface area contributed by atoms with Crippen molar-refractivity contribution in [3.63, 3.8) is 0 Å². The maximum Gasteiger partial charge on any atom is 0.327 e. The topological polar surface area (TPSA) is 166 Å². The summed E-state index contributed by atoms with van der Waals surface area (Å²) in [4.78, 5) is 54.0. The third-order valence-corrected chi connectivity index (χ3v) is 6.68. The predicted molar refractivity (Wildman–Crippen MR) is 120 cm³/mol. The Kier molecular flexibility index (Phi) is 8.91. The zero-order valence-corrected chi connectivity index (χ0v) is 19.4. The van der Waals surface area contributed by atoms with Gasteiger partial charge in [-0.15, -0.1) is 11.8 Å². The predicted octanol–water partition coefficient (Wildman–Crippen LogP) is 2.54. The van der Waals surface area contributed by atoms with Crippen LogP contribution in [0.15, 0.2) is 35.5 Å². The van der Waals surface area contributed by atoms with Crippen molar-refractivity contribution in [2.45, 2.75) is 43.8 Å². The lowest BCUT2D eigenvalue weighted by Gasteiger charge is -2.20. The van der Waals surface area contributed by atoms with Gasteiger partial charge in [0.15, 0.2) is 0 Å². The molecule has 10 nitrogen and oxygen atoms in total. The fraction of sp³-hybridized carbons (Fsp3) is 0.450. The average Bonchev–Trinajstić information content (AvgIpc) is 3.01. The van der Waals surface area contributed by atoms with Crippen LogP contribution in [-0.4, -0.2) is 60.4 Å². The molecule has 0 saturated carbocycles. The SMILES string of the molecule is CC(C)CC(=O)N[C@@H](CSc1c2ccccc2cn1C(CCP(=O)(O)O)C(=O)O)C(=O)O. The van der Waals surface area contributed by atoms with E-state index in [1.807, 2.05) is 13.8 Å². The fourth-order valence-electron chi connectivity index (χ4n) is 3.17. The van der Waals surface area contributed by atoms with E-state index in [9.17, 15) is 38.9 Å². The lowest BCUT2D eigenvalue weighted by Crippen LogP contribution is -2.43. The van der Waals surface area contributed by atoms with Gasteiger partial charge in [0.05, 0.1) is 11.2 Å². The van der Waals surface area contributed by atoms with Crippen LogP contribution in [0.5, 0.6) is 0 Å². The van der Waals surface area contributed by atoms with Crippen LogP contribution >= 0.6 is 19.4 Å². The Hall–Kier alpha value is -2.33. The Morgan fingerprint density at radius 2 is 1.78 bits per heavy atom. The van der Waals surface area contributed by atoms with Crippen molar-refractivity contribution in [2.24, 2.45) is 5.92 Å². The van der Waals surface area contributed by atoms with Crippen molar-refractivity contribution < 1.29 is 38.9 Å². The summed E-state index contributed by atoms with van der Waals surface area (Å²) in [6.07, 6.45) is 0.841. The number of carbonyl (C=O) groups is 3. The quantitative estimate of drug-likeness (QED) is 0.224. The zero-order valence-electron chi connectivity index (χ0n) is 17.7. The highest BCUT2D eigenvalue weighted by atomic mass is 32.2. The van der Waals surface area contributed by atoms with Gasteiger partial charge in [0.1, 0.15) is 12.1 Å². The Bertz CT molecular complexity index is 1030. The smallest absolute Gasteiger partial charge is 0.327 e. The normalized spacial score (nSPS) is 13.8. The molecule has 1 heterocycles. The van der Waals surface area contributed by atoms with Gasteiger partial charge in [0, 0.05) is 29.1 Å². The minimum atomic E-state index is -4.41. The number of hydrogen-bond donors (Lipinski definition) is 5. The number of nitrogens with one attached hydrogen (secondary N) is 1. The van der Waals surface area contributed by atoms with Gasteiger partial charge in [0.25, 0.3) is 0 Å². The standard InChI is InChI=1S/C20H27N2O8PS/c1-12(2)9-17(23)21-15(19(24)25)11-32-18-14-6-4-3-5-13(14)10-22(18)16(20(26)27)7-8-31(28,29)30/h3-6,10,12,15-16H,7-9,11H2,1-2H3,(H,21,23)(H,24,25)(H,26,27)(H2,28,29,30)/t15-,16?/m0/s1. The third-order valence-electron chi connectivity index (χ3n) is 4.63. The Labute approximate surface area is 189 Å². The molecule has 0 saturated heterocycles. The summed E-state index contributed by atoms with van der Waals surface area (Å²) in [7, 11) is -4.41. The lowest BCUT2D eigenvalue weighted by molar-refractivity contribution is -0.141. The fourth-order valence-corrected chi connectivity index (χ4v) is 4.97. The molecule has 1 aromatic carbocycles. The maximum atomic E-state index is 12.0. The van der Waals surface area contributed by atoms with Gasteiger partial charge in [-0.1, -0.05) is 38.1 Å². The zero-order chi connectivity index (χ0) is 24.1. The number of carboxylic acid groups (broad SMARTS) is 2. The van der Waals surface area contributed by atoms with E-state index in [2.05, 4.69) is 5.32 Å². The van der Waals surface area contributed by atoms with Crippen molar-refractivity contribution in [2.75, 3.05) is 11.9 Å². The summed E-state index contributed by atoms with van der Waals surface area (Å²) < 4.78 is 12.7. The number of carboxylic acids is 2. The van der Waals surface area contributed by atoms with Gasteiger partial charge in [-0.05, 0) is 12.3 Å². The monoisotopic (exact) mass is 486 g/mol. The van der Waals surface area contributed by atoms with E-state index >= 15 is 0 Å².